The lowest BCUT2D eigenvalue weighted by Crippen LogP contribution is -2.16. The van der Waals surface area contributed by atoms with E-state index in [2.05, 4.69) is 14.9 Å². The summed E-state index contributed by atoms with van der Waals surface area (Å²) in [4.78, 5) is 8.44. The van der Waals surface area contributed by atoms with Crippen LogP contribution in [0.4, 0.5) is 0 Å². The Bertz CT molecular complexity index is 1580. The van der Waals surface area contributed by atoms with E-state index in [0.717, 1.165) is 22.3 Å². The molecule has 0 saturated carbocycles. The van der Waals surface area contributed by atoms with Crippen LogP contribution in [0.5, 0.6) is 0 Å². The van der Waals surface area contributed by atoms with Gasteiger partial charge < -0.3 is 9.58 Å². The van der Waals surface area contributed by atoms with Gasteiger partial charge in [-0.05, 0) is 35.4 Å². The van der Waals surface area contributed by atoms with Gasteiger partial charge in [0.15, 0.2) is 11.8 Å². The molecule has 1 saturated heterocycles. The molecule has 3 aromatic heterocycles. The predicted octanol–water partition coefficient (Wildman–Crippen LogP) is 3.52. The van der Waals surface area contributed by atoms with Gasteiger partial charge in [-0.1, -0.05) is 18.2 Å². The number of rotatable bonds is 4. The van der Waals surface area contributed by atoms with E-state index in [1.165, 1.54) is 3.97 Å². The lowest BCUT2D eigenvalue weighted by Gasteiger charge is -2.12. The van der Waals surface area contributed by atoms with E-state index >= 15 is 0 Å². The van der Waals surface area contributed by atoms with Gasteiger partial charge in [-0.3, -0.25) is 4.68 Å². The summed E-state index contributed by atoms with van der Waals surface area (Å²) in [5, 5.41) is 4.97. The number of hydrogen-bond acceptors (Lipinski definition) is 5. The minimum absolute atomic E-state index is 0.134. The van der Waals surface area contributed by atoms with Gasteiger partial charge in [0.2, 0.25) is 0 Å². The maximum absolute atomic E-state index is 13.5. The van der Waals surface area contributed by atoms with Crippen LogP contribution in [0.25, 0.3) is 32.6 Å². The number of benzene rings is 1. The van der Waals surface area contributed by atoms with Gasteiger partial charge in [0, 0.05) is 42.2 Å². The summed E-state index contributed by atoms with van der Waals surface area (Å²) in [6.45, 7) is 7.33. The van der Waals surface area contributed by atoms with Gasteiger partial charge in [0.05, 0.1) is 23.6 Å². The number of pyridine rings is 1. The molecule has 33 heavy (non-hydrogen) atoms. The molecule has 0 amide bonds. The van der Waals surface area contributed by atoms with Gasteiger partial charge in [0.1, 0.15) is 0 Å². The summed E-state index contributed by atoms with van der Waals surface area (Å²) in [5.41, 5.74) is 3.76. The summed E-state index contributed by atoms with van der Waals surface area (Å²) < 4.78 is 35.8. The first-order chi connectivity index (χ1) is 16.0. The van der Waals surface area contributed by atoms with Crippen molar-refractivity contribution in [1.82, 2.24) is 18.7 Å². The number of aryl methyl sites for hydroxylation is 1. The summed E-state index contributed by atoms with van der Waals surface area (Å²) >= 11 is 0. The molecule has 164 valence electrons. The number of fused-ring (bicyclic) bond motifs is 3. The first-order valence-corrected chi connectivity index (χ1v) is 11.9. The molecule has 6 rings (SSSR count). The van der Waals surface area contributed by atoms with Gasteiger partial charge >= 0.3 is 0 Å². The van der Waals surface area contributed by atoms with Crippen LogP contribution in [0.15, 0.2) is 72.2 Å². The number of ether oxygens (including phenoxy) is 1. The molecule has 0 spiro atoms. The molecule has 3 atom stereocenters. The van der Waals surface area contributed by atoms with Crippen molar-refractivity contribution in [2.24, 2.45) is 7.05 Å². The fourth-order valence-corrected chi connectivity index (χ4v) is 5.99. The highest BCUT2D eigenvalue weighted by Crippen LogP contribution is 2.42. The van der Waals surface area contributed by atoms with E-state index < -0.39 is 10.0 Å². The van der Waals surface area contributed by atoms with E-state index in [4.69, 9.17) is 11.3 Å². The van der Waals surface area contributed by atoms with Crippen LogP contribution in [0.3, 0.4) is 0 Å². The highest BCUT2D eigenvalue weighted by molar-refractivity contribution is 7.90. The third-order valence-electron chi connectivity index (χ3n) is 6.27. The Kier molecular flexibility index (Phi) is 4.30. The monoisotopic (exact) mass is 457 g/mol. The maximum atomic E-state index is 13.5. The zero-order valence-electron chi connectivity index (χ0n) is 17.7. The van der Waals surface area contributed by atoms with E-state index in [-0.39, 0.29) is 23.1 Å². The van der Waals surface area contributed by atoms with Crippen LogP contribution in [0, 0.1) is 6.57 Å². The SMILES string of the molecule is [C-]#[N+]C1C[C@@H]2O[C@H]1C=C2c1cnc2c(c1)c(-c1cnn(C)c1)cn2S(=O)(=O)c1ccccc1. The normalized spacial score (nSPS) is 21.9. The number of nitrogens with zero attached hydrogens (tertiary/aromatic N) is 5. The van der Waals surface area contributed by atoms with E-state index in [9.17, 15) is 8.42 Å². The smallest absolute Gasteiger partial charge is 0.269 e. The van der Waals surface area contributed by atoms with Gasteiger partial charge in [-0.2, -0.15) is 5.10 Å². The highest BCUT2D eigenvalue weighted by atomic mass is 32.2. The Hall–Kier alpha value is -3.74. The van der Waals surface area contributed by atoms with E-state index in [1.807, 2.05) is 25.4 Å². The Morgan fingerprint density at radius 1 is 1.15 bits per heavy atom. The van der Waals surface area contributed by atoms with Gasteiger partial charge in [0.25, 0.3) is 16.1 Å². The minimum Gasteiger partial charge on any atom is -0.358 e. The molecule has 0 aliphatic carbocycles. The third kappa shape index (κ3) is 3.03. The standard InChI is InChI=1S/C24H19N5O3S/c1-25-21-10-22-18(9-23(21)32-22)15-8-19-20(16-12-27-28(2)13-16)14-29(24(19)26-11-15)33(30,31)17-6-4-3-5-7-17/h3-9,11-14,21-23H,10H2,2H3/t21?,22-,23-/m0/s1. The second-order valence-electron chi connectivity index (χ2n) is 8.30. The minimum atomic E-state index is -3.84. The van der Waals surface area contributed by atoms with Crippen LogP contribution in [-0.4, -0.2) is 45.4 Å². The molecule has 0 radical (unpaired) electrons. The van der Waals surface area contributed by atoms with Crippen LogP contribution in [0.1, 0.15) is 12.0 Å². The molecule has 5 heterocycles. The predicted molar refractivity (Wildman–Crippen MR) is 123 cm³/mol. The Labute approximate surface area is 190 Å². The van der Waals surface area contributed by atoms with Crippen LogP contribution < -0.4 is 0 Å². The molecule has 1 unspecified atom stereocenters. The lowest BCUT2D eigenvalue weighted by molar-refractivity contribution is 0.123. The number of aromatic nitrogens is 4. The summed E-state index contributed by atoms with van der Waals surface area (Å²) in [5.74, 6) is 0. The lowest BCUT2D eigenvalue weighted by atomic mass is 9.91. The van der Waals surface area contributed by atoms with Crippen molar-refractivity contribution in [2.75, 3.05) is 0 Å². The molecular weight excluding hydrogens is 438 g/mol. The quantitative estimate of drug-likeness (QED) is 0.438. The van der Waals surface area contributed by atoms with Gasteiger partial charge in [-0.15, -0.1) is 0 Å². The molecule has 1 fully saturated rings. The van der Waals surface area contributed by atoms with Crippen molar-refractivity contribution in [3.8, 4) is 11.1 Å². The summed E-state index contributed by atoms with van der Waals surface area (Å²) in [6.07, 6.45) is 9.20. The Balaban J connectivity index is 1.55. The van der Waals surface area contributed by atoms with Crippen molar-refractivity contribution in [2.45, 2.75) is 29.6 Å². The molecule has 8 nitrogen and oxygen atoms in total. The molecule has 2 bridgehead atoms. The third-order valence-corrected chi connectivity index (χ3v) is 7.94. The topological polar surface area (TPSA) is 83.4 Å². The zero-order valence-corrected chi connectivity index (χ0v) is 18.5. The van der Waals surface area contributed by atoms with E-state index in [0.29, 0.717) is 17.5 Å². The average molecular weight is 458 g/mol. The van der Waals surface area contributed by atoms with Crippen molar-refractivity contribution >= 4 is 26.6 Å². The van der Waals surface area contributed by atoms with Crippen molar-refractivity contribution in [1.29, 1.82) is 0 Å². The number of hydrogen-bond donors (Lipinski definition) is 0. The van der Waals surface area contributed by atoms with Crippen LogP contribution in [0.2, 0.25) is 0 Å². The fraction of sp³-hybridized carbons (Fsp3) is 0.208. The van der Waals surface area contributed by atoms with Crippen LogP contribution in [-0.2, 0) is 21.8 Å². The molecule has 4 aromatic rings. The van der Waals surface area contributed by atoms with Gasteiger partial charge in [-0.25, -0.2) is 23.9 Å². The molecule has 2 aliphatic rings. The second kappa shape index (κ2) is 7.13. The Morgan fingerprint density at radius 3 is 2.64 bits per heavy atom. The molecule has 0 N–H and O–H groups in total. The summed E-state index contributed by atoms with van der Waals surface area (Å²) in [6, 6.07) is 10.1. The maximum Gasteiger partial charge on any atom is 0.269 e. The molecule has 1 aromatic carbocycles. The Morgan fingerprint density at radius 2 is 1.97 bits per heavy atom. The molecule has 2 aliphatic heterocycles. The zero-order chi connectivity index (χ0) is 22.7. The fourth-order valence-electron chi connectivity index (χ4n) is 4.65. The highest BCUT2D eigenvalue weighted by Gasteiger charge is 2.46. The first-order valence-electron chi connectivity index (χ1n) is 10.5. The molecular formula is C24H19N5O3S. The van der Waals surface area contributed by atoms with Crippen molar-refractivity contribution in [3.05, 3.63) is 84.2 Å². The van der Waals surface area contributed by atoms with Crippen molar-refractivity contribution < 1.29 is 13.2 Å². The first kappa shape index (κ1) is 19.9. The van der Waals surface area contributed by atoms with Crippen LogP contribution >= 0.6 is 0 Å². The van der Waals surface area contributed by atoms with Crippen molar-refractivity contribution in [3.63, 3.8) is 0 Å². The average Bonchev–Trinajstić information content (AvgIpc) is 3.61. The van der Waals surface area contributed by atoms with E-state index in [1.54, 1.807) is 53.6 Å². The largest absolute Gasteiger partial charge is 0.358 e. The summed E-state index contributed by atoms with van der Waals surface area (Å²) in [7, 11) is -2.02. The molecule has 9 heteroatoms. The second-order valence-corrected chi connectivity index (χ2v) is 10.1.